The van der Waals surface area contributed by atoms with Crippen molar-refractivity contribution in [3.63, 3.8) is 0 Å². The van der Waals surface area contributed by atoms with Crippen molar-refractivity contribution in [3.8, 4) is 11.8 Å². The van der Waals surface area contributed by atoms with Crippen LogP contribution in [0.3, 0.4) is 0 Å². The molecule has 0 aliphatic carbocycles. The molecule has 116 valence electrons. The second-order valence-electron chi connectivity index (χ2n) is 6.21. The van der Waals surface area contributed by atoms with Crippen LogP contribution in [0.25, 0.3) is 16.7 Å². The lowest BCUT2D eigenvalue weighted by Gasteiger charge is -2.16. The maximum absolute atomic E-state index is 13.4. The van der Waals surface area contributed by atoms with Crippen molar-refractivity contribution in [3.05, 3.63) is 59.2 Å². The van der Waals surface area contributed by atoms with Crippen molar-refractivity contribution >= 4 is 11.0 Å². The molecule has 0 aliphatic rings. The molecule has 0 N–H and O–H groups in total. The Labute approximate surface area is 135 Å². The van der Waals surface area contributed by atoms with Crippen LogP contribution in [-0.4, -0.2) is 9.55 Å². The van der Waals surface area contributed by atoms with Gasteiger partial charge in [-0.15, -0.1) is 0 Å². The molecule has 0 spiro atoms. The molecule has 3 nitrogen and oxygen atoms in total. The standard InChI is InChI=1S/C19H18FN3/c1-12(2)8-15-10-14(11-21)4-5-17(15)23-13(3)9-16-18(23)6-7-19(20)22-16/h4-7,9-10,12H,8H2,1-3H3. The van der Waals surface area contributed by atoms with Gasteiger partial charge in [0.25, 0.3) is 0 Å². The van der Waals surface area contributed by atoms with E-state index in [-0.39, 0.29) is 0 Å². The number of hydrogen-bond acceptors (Lipinski definition) is 2. The van der Waals surface area contributed by atoms with E-state index in [2.05, 4.69) is 29.5 Å². The lowest BCUT2D eigenvalue weighted by molar-refractivity contribution is 0.589. The van der Waals surface area contributed by atoms with Crippen molar-refractivity contribution in [2.24, 2.45) is 5.92 Å². The number of aromatic nitrogens is 2. The Morgan fingerprint density at radius 1 is 1.22 bits per heavy atom. The molecule has 3 rings (SSSR count). The van der Waals surface area contributed by atoms with Gasteiger partial charge in [0.05, 0.1) is 22.7 Å². The monoisotopic (exact) mass is 307 g/mol. The van der Waals surface area contributed by atoms with E-state index < -0.39 is 5.95 Å². The first-order chi connectivity index (χ1) is 11.0. The van der Waals surface area contributed by atoms with Gasteiger partial charge >= 0.3 is 0 Å². The first kappa shape index (κ1) is 15.2. The number of pyridine rings is 1. The highest BCUT2D eigenvalue weighted by atomic mass is 19.1. The lowest BCUT2D eigenvalue weighted by Crippen LogP contribution is -2.05. The Balaban J connectivity index is 2.26. The van der Waals surface area contributed by atoms with E-state index in [0.717, 1.165) is 28.9 Å². The fourth-order valence-corrected chi connectivity index (χ4v) is 2.99. The molecule has 0 unspecified atom stereocenters. The highest BCUT2D eigenvalue weighted by Gasteiger charge is 2.14. The predicted octanol–water partition coefficient (Wildman–Crippen LogP) is 4.54. The molecule has 1 aromatic carbocycles. The summed E-state index contributed by atoms with van der Waals surface area (Å²) >= 11 is 0. The van der Waals surface area contributed by atoms with E-state index in [0.29, 0.717) is 17.0 Å². The number of rotatable bonds is 3. The van der Waals surface area contributed by atoms with Gasteiger partial charge in [0.2, 0.25) is 5.95 Å². The molecule has 0 amide bonds. The molecular weight excluding hydrogens is 289 g/mol. The first-order valence-electron chi connectivity index (χ1n) is 7.67. The molecule has 0 bridgehead atoms. The maximum Gasteiger partial charge on any atom is 0.213 e. The zero-order valence-corrected chi connectivity index (χ0v) is 13.5. The van der Waals surface area contributed by atoms with Crippen LogP contribution >= 0.6 is 0 Å². The molecule has 2 heterocycles. The van der Waals surface area contributed by atoms with Crippen LogP contribution in [0.1, 0.15) is 30.7 Å². The zero-order valence-electron chi connectivity index (χ0n) is 13.5. The Morgan fingerprint density at radius 3 is 2.70 bits per heavy atom. The molecule has 0 atom stereocenters. The molecule has 3 aromatic rings. The van der Waals surface area contributed by atoms with Crippen LogP contribution in [-0.2, 0) is 6.42 Å². The third-order valence-corrected chi connectivity index (χ3v) is 3.89. The average Bonchev–Trinajstić information content (AvgIpc) is 2.81. The van der Waals surface area contributed by atoms with Crippen molar-refractivity contribution in [1.82, 2.24) is 9.55 Å². The van der Waals surface area contributed by atoms with E-state index in [9.17, 15) is 4.39 Å². The van der Waals surface area contributed by atoms with Crippen LogP contribution in [0.15, 0.2) is 36.4 Å². The highest BCUT2D eigenvalue weighted by molar-refractivity contribution is 5.79. The summed E-state index contributed by atoms with van der Waals surface area (Å²) in [4.78, 5) is 3.97. The summed E-state index contributed by atoms with van der Waals surface area (Å²) in [6, 6.07) is 12.9. The van der Waals surface area contributed by atoms with Crippen LogP contribution < -0.4 is 0 Å². The smallest absolute Gasteiger partial charge is 0.213 e. The summed E-state index contributed by atoms with van der Waals surface area (Å²) in [5.41, 5.74) is 5.30. The second-order valence-corrected chi connectivity index (χ2v) is 6.21. The van der Waals surface area contributed by atoms with Gasteiger partial charge < -0.3 is 4.57 Å². The zero-order chi connectivity index (χ0) is 16.6. The number of halogens is 1. The van der Waals surface area contributed by atoms with Gasteiger partial charge in [0.15, 0.2) is 0 Å². The topological polar surface area (TPSA) is 41.6 Å². The van der Waals surface area contributed by atoms with Gasteiger partial charge in [-0.25, -0.2) is 4.98 Å². The Bertz CT molecular complexity index is 916. The Morgan fingerprint density at radius 2 is 2.00 bits per heavy atom. The molecule has 0 fully saturated rings. The molecule has 2 aromatic heterocycles. The number of nitriles is 1. The van der Waals surface area contributed by atoms with Crippen molar-refractivity contribution < 1.29 is 4.39 Å². The van der Waals surface area contributed by atoms with Crippen LogP contribution in [0, 0.1) is 30.1 Å². The molecule has 4 heteroatoms. The van der Waals surface area contributed by atoms with Gasteiger partial charge in [0, 0.05) is 11.4 Å². The van der Waals surface area contributed by atoms with Crippen molar-refractivity contribution in [2.45, 2.75) is 27.2 Å². The first-order valence-corrected chi connectivity index (χ1v) is 7.67. The minimum absolute atomic E-state index is 0.473. The quantitative estimate of drug-likeness (QED) is 0.666. The Kier molecular flexibility index (Phi) is 3.87. The average molecular weight is 307 g/mol. The van der Waals surface area contributed by atoms with E-state index in [1.165, 1.54) is 6.07 Å². The molecule has 0 saturated carbocycles. The molecule has 0 aliphatic heterocycles. The lowest BCUT2D eigenvalue weighted by atomic mass is 9.99. The summed E-state index contributed by atoms with van der Waals surface area (Å²) < 4.78 is 15.5. The van der Waals surface area contributed by atoms with Crippen LogP contribution in [0.4, 0.5) is 4.39 Å². The van der Waals surface area contributed by atoms with Crippen LogP contribution in [0.5, 0.6) is 0 Å². The number of hydrogen-bond donors (Lipinski definition) is 0. The Hall–Kier alpha value is -2.67. The van der Waals surface area contributed by atoms with Gasteiger partial charge in [-0.3, -0.25) is 0 Å². The molecular formula is C19H18FN3. The van der Waals surface area contributed by atoms with E-state index in [4.69, 9.17) is 5.26 Å². The van der Waals surface area contributed by atoms with Gasteiger partial charge in [-0.1, -0.05) is 13.8 Å². The van der Waals surface area contributed by atoms with E-state index in [1.807, 2.05) is 31.2 Å². The van der Waals surface area contributed by atoms with Crippen LogP contribution in [0.2, 0.25) is 0 Å². The largest absolute Gasteiger partial charge is 0.312 e. The van der Waals surface area contributed by atoms with Gasteiger partial charge in [-0.2, -0.15) is 9.65 Å². The van der Waals surface area contributed by atoms with E-state index in [1.54, 1.807) is 6.07 Å². The maximum atomic E-state index is 13.4. The summed E-state index contributed by atoms with van der Waals surface area (Å²) in [6.07, 6.45) is 0.874. The third kappa shape index (κ3) is 2.83. The number of fused-ring (bicyclic) bond motifs is 1. The van der Waals surface area contributed by atoms with Gasteiger partial charge in [-0.05, 0) is 61.2 Å². The fraction of sp³-hybridized carbons (Fsp3) is 0.263. The summed E-state index contributed by atoms with van der Waals surface area (Å²) in [6.45, 7) is 6.29. The van der Waals surface area contributed by atoms with Crippen molar-refractivity contribution in [2.75, 3.05) is 0 Å². The molecule has 0 radical (unpaired) electrons. The highest BCUT2D eigenvalue weighted by Crippen LogP contribution is 2.27. The number of aryl methyl sites for hydroxylation is 1. The molecule has 23 heavy (non-hydrogen) atoms. The minimum atomic E-state index is -0.475. The summed E-state index contributed by atoms with van der Waals surface area (Å²) in [7, 11) is 0. The van der Waals surface area contributed by atoms with Crippen molar-refractivity contribution in [1.29, 1.82) is 5.26 Å². The minimum Gasteiger partial charge on any atom is -0.312 e. The fourth-order valence-electron chi connectivity index (χ4n) is 2.99. The molecule has 0 saturated heterocycles. The number of nitrogens with zero attached hydrogens (tertiary/aromatic N) is 3. The van der Waals surface area contributed by atoms with Gasteiger partial charge in [0.1, 0.15) is 0 Å². The normalized spacial score (nSPS) is 11.1. The summed E-state index contributed by atoms with van der Waals surface area (Å²) in [5, 5.41) is 9.17. The SMILES string of the molecule is Cc1cc2nc(F)ccc2n1-c1ccc(C#N)cc1CC(C)C. The van der Waals surface area contributed by atoms with E-state index >= 15 is 0 Å². The number of benzene rings is 1. The second kappa shape index (κ2) is 5.85. The summed E-state index contributed by atoms with van der Waals surface area (Å²) in [5.74, 6) is -0.00252. The third-order valence-electron chi connectivity index (χ3n) is 3.89. The predicted molar refractivity (Wildman–Crippen MR) is 89.0 cm³/mol.